The summed E-state index contributed by atoms with van der Waals surface area (Å²) in [5.74, 6) is 1.69. The average molecular weight is 331 g/mol. The monoisotopic (exact) mass is 331 g/mol. The van der Waals surface area contributed by atoms with E-state index in [9.17, 15) is 4.79 Å². The van der Waals surface area contributed by atoms with Gasteiger partial charge in [0.1, 0.15) is 5.82 Å². The van der Waals surface area contributed by atoms with Crippen molar-refractivity contribution in [3.05, 3.63) is 40.1 Å². The number of carbonyl (C=O) groups is 1. The molecule has 4 nitrogen and oxygen atoms in total. The van der Waals surface area contributed by atoms with E-state index in [2.05, 4.69) is 22.7 Å². The highest BCUT2D eigenvalue weighted by Crippen LogP contribution is 2.28. The number of likely N-dealkylation sites (tertiary alicyclic amines) is 1. The number of thiophene rings is 1. The Morgan fingerprint density at radius 1 is 1.43 bits per heavy atom. The van der Waals surface area contributed by atoms with Crippen LogP contribution in [0.15, 0.2) is 24.5 Å². The minimum absolute atomic E-state index is 0.180. The first-order valence-electron chi connectivity index (χ1n) is 8.55. The average Bonchev–Trinajstić information content (AvgIpc) is 3.21. The largest absolute Gasteiger partial charge is 0.337 e. The molecule has 0 radical (unpaired) electrons. The van der Waals surface area contributed by atoms with Crippen molar-refractivity contribution >= 4 is 17.2 Å². The smallest absolute Gasteiger partial charge is 0.263 e. The van der Waals surface area contributed by atoms with E-state index in [0.29, 0.717) is 5.92 Å². The predicted molar refractivity (Wildman–Crippen MR) is 94.1 cm³/mol. The lowest BCUT2D eigenvalue weighted by Crippen LogP contribution is -2.39. The second-order valence-electron chi connectivity index (χ2n) is 6.33. The summed E-state index contributed by atoms with van der Waals surface area (Å²) in [4.78, 5) is 21.3. The van der Waals surface area contributed by atoms with E-state index in [0.717, 1.165) is 43.2 Å². The summed E-state index contributed by atoms with van der Waals surface area (Å²) in [6.45, 7) is 6.94. The Labute approximate surface area is 142 Å². The number of hydrogen-bond donors (Lipinski definition) is 0. The van der Waals surface area contributed by atoms with Crippen LogP contribution in [-0.2, 0) is 6.54 Å². The SMILES string of the molecule is CCCCn1ccnc1[C@H]1CCCN(C(=O)c2ccc(C)s2)C1. The van der Waals surface area contributed by atoms with Gasteiger partial charge in [-0.3, -0.25) is 4.79 Å². The Morgan fingerprint density at radius 3 is 3.04 bits per heavy atom. The van der Waals surface area contributed by atoms with Gasteiger partial charge in [0.15, 0.2) is 0 Å². The van der Waals surface area contributed by atoms with E-state index in [4.69, 9.17) is 0 Å². The predicted octanol–water partition coefficient (Wildman–Crippen LogP) is 4.07. The zero-order valence-corrected chi connectivity index (χ0v) is 14.8. The molecule has 1 aliphatic heterocycles. The quantitative estimate of drug-likeness (QED) is 0.828. The molecule has 124 valence electrons. The molecule has 0 unspecified atom stereocenters. The molecule has 1 fully saturated rings. The first-order valence-corrected chi connectivity index (χ1v) is 9.37. The number of hydrogen-bond acceptors (Lipinski definition) is 3. The number of amides is 1. The van der Waals surface area contributed by atoms with Crippen molar-refractivity contribution in [2.45, 2.75) is 52.0 Å². The molecule has 0 aromatic carbocycles. The maximum Gasteiger partial charge on any atom is 0.263 e. The fourth-order valence-electron chi connectivity index (χ4n) is 3.28. The van der Waals surface area contributed by atoms with Crippen molar-refractivity contribution in [1.82, 2.24) is 14.5 Å². The van der Waals surface area contributed by atoms with Crippen molar-refractivity contribution in [1.29, 1.82) is 0 Å². The first kappa shape index (κ1) is 16.2. The third-order valence-electron chi connectivity index (χ3n) is 4.53. The van der Waals surface area contributed by atoms with Gasteiger partial charge in [0.25, 0.3) is 5.91 Å². The summed E-state index contributed by atoms with van der Waals surface area (Å²) < 4.78 is 2.28. The van der Waals surface area contributed by atoms with Crippen LogP contribution in [0.5, 0.6) is 0 Å². The molecule has 5 heteroatoms. The normalized spacial score (nSPS) is 18.3. The van der Waals surface area contributed by atoms with Gasteiger partial charge in [0.05, 0.1) is 4.88 Å². The first-order chi connectivity index (χ1) is 11.2. The van der Waals surface area contributed by atoms with Crippen LogP contribution in [0, 0.1) is 6.92 Å². The van der Waals surface area contributed by atoms with Crippen molar-refractivity contribution in [2.75, 3.05) is 13.1 Å². The molecule has 1 saturated heterocycles. The van der Waals surface area contributed by atoms with E-state index >= 15 is 0 Å². The van der Waals surface area contributed by atoms with Crippen molar-refractivity contribution in [3.63, 3.8) is 0 Å². The Hall–Kier alpha value is -1.62. The van der Waals surface area contributed by atoms with Gasteiger partial charge < -0.3 is 9.47 Å². The highest BCUT2D eigenvalue weighted by atomic mass is 32.1. The molecule has 0 saturated carbocycles. The minimum Gasteiger partial charge on any atom is -0.337 e. The number of nitrogens with zero attached hydrogens (tertiary/aromatic N) is 3. The summed E-state index contributed by atoms with van der Waals surface area (Å²) in [7, 11) is 0. The van der Waals surface area contributed by atoms with Gasteiger partial charge in [0.2, 0.25) is 0 Å². The zero-order valence-electron chi connectivity index (χ0n) is 14.0. The number of imidazole rings is 1. The number of aryl methyl sites for hydroxylation is 2. The molecule has 2 aromatic rings. The molecule has 23 heavy (non-hydrogen) atoms. The van der Waals surface area contributed by atoms with Gasteiger partial charge in [-0.25, -0.2) is 4.98 Å². The lowest BCUT2D eigenvalue weighted by molar-refractivity contribution is 0.0708. The number of carbonyl (C=O) groups excluding carboxylic acids is 1. The molecule has 1 amide bonds. The Morgan fingerprint density at radius 2 is 2.30 bits per heavy atom. The maximum atomic E-state index is 12.7. The molecule has 0 aliphatic carbocycles. The van der Waals surface area contributed by atoms with Gasteiger partial charge in [0, 0.05) is 42.8 Å². The number of aromatic nitrogens is 2. The van der Waals surface area contributed by atoms with Gasteiger partial charge in [-0.05, 0) is 38.3 Å². The van der Waals surface area contributed by atoms with Crippen LogP contribution >= 0.6 is 11.3 Å². The van der Waals surface area contributed by atoms with Crippen LogP contribution in [0.4, 0.5) is 0 Å². The molecule has 2 aromatic heterocycles. The summed E-state index contributed by atoms with van der Waals surface area (Å²) in [6.07, 6.45) is 8.51. The molecule has 0 N–H and O–H groups in total. The molecule has 0 spiro atoms. The van der Waals surface area contributed by atoms with E-state index in [1.165, 1.54) is 17.7 Å². The van der Waals surface area contributed by atoms with E-state index in [-0.39, 0.29) is 5.91 Å². The lowest BCUT2D eigenvalue weighted by atomic mass is 9.97. The van der Waals surface area contributed by atoms with Gasteiger partial charge in [-0.1, -0.05) is 13.3 Å². The molecule has 1 aliphatic rings. The van der Waals surface area contributed by atoms with Crippen LogP contribution in [0.25, 0.3) is 0 Å². The van der Waals surface area contributed by atoms with Gasteiger partial charge in [-0.15, -0.1) is 11.3 Å². The molecule has 3 heterocycles. The number of piperidine rings is 1. The van der Waals surface area contributed by atoms with E-state index in [1.54, 1.807) is 11.3 Å². The lowest BCUT2D eigenvalue weighted by Gasteiger charge is -2.32. The van der Waals surface area contributed by atoms with Crippen molar-refractivity contribution in [3.8, 4) is 0 Å². The Balaban J connectivity index is 1.71. The molecule has 0 bridgehead atoms. The van der Waals surface area contributed by atoms with Crippen LogP contribution in [0.2, 0.25) is 0 Å². The highest BCUT2D eigenvalue weighted by Gasteiger charge is 2.28. The second kappa shape index (κ2) is 7.30. The Kier molecular flexibility index (Phi) is 5.16. The van der Waals surface area contributed by atoms with Crippen LogP contribution in [-0.4, -0.2) is 33.4 Å². The third-order valence-corrected chi connectivity index (χ3v) is 5.51. The van der Waals surface area contributed by atoms with Gasteiger partial charge in [-0.2, -0.15) is 0 Å². The minimum atomic E-state index is 0.180. The van der Waals surface area contributed by atoms with Crippen LogP contribution in [0.1, 0.15) is 58.9 Å². The van der Waals surface area contributed by atoms with Crippen LogP contribution in [0.3, 0.4) is 0 Å². The van der Waals surface area contributed by atoms with Crippen LogP contribution < -0.4 is 0 Å². The highest BCUT2D eigenvalue weighted by molar-refractivity contribution is 7.13. The van der Waals surface area contributed by atoms with Crippen molar-refractivity contribution in [2.24, 2.45) is 0 Å². The summed E-state index contributed by atoms with van der Waals surface area (Å²) in [6, 6.07) is 3.98. The fraction of sp³-hybridized carbons (Fsp3) is 0.556. The van der Waals surface area contributed by atoms with E-state index < -0.39 is 0 Å². The van der Waals surface area contributed by atoms with E-state index in [1.807, 2.05) is 30.2 Å². The Bertz CT molecular complexity index is 661. The molecule has 3 rings (SSSR count). The molecular formula is C18H25N3OS. The summed E-state index contributed by atoms with van der Waals surface area (Å²) in [5, 5.41) is 0. The van der Waals surface area contributed by atoms with Gasteiger partial charge >= 0.3 is 0 Å². The zero-order chi connectivity index (χ0) is 16.2. The topological polar surface area (TPSA) is 38.1 Å². The maximum absolute atomic E-state index is 12.7. The standard InChI is InChI=1S/C18H25N3OS/c1-3-4-10-20-12-9-19-17(20)15-6-5-11-21(13-15)18(22)16-8-7-14(2)23-16/h7-9,12,15H,3-6,10-11,13H2,1-2H3/t15-/m0/s1. The summed E-state index contributed by atoms with van der Waals surface area (Å²) in [5.41, 5.74) is 0. The van der Waals surface area contributed by atoms with Crippen molar-refractivity contribution < 1.29 is 4.79 Å². The third kappa shape index (κ3) is 3.66. The summed E-state index contributed by atoms with van der Waals surface area (Å²) >= 11 is 1.59. The molecular weight excluding hydrogens is 306 g/mol. The second-order valence-corrected chi connectivity index (χ2v) is 7.62. The fourth-order valence-corrected chi connectivity index (χ4v) is 4.11. The number of rotatable bonds is 5. The molecule has 1 atom stereocenters. The number of unbranched alkanes of at least 4 members (excludes halogenated alkanes) is 1.